The Bertz CT molecular complexity index is 731. The van der Waals surface area contributed by atoms with Crippen molar-refractivity contribution in [3.8, 4) is 6.07 Å². The van der Waals surface area contributed by atoms with Crippen LogP contribution >= 0.6 is 0 Å². The summed E-state index contributed by atoms with van der Waals surface area (Å²) in [6.45, 7) is 0.624. The summed E-state index contributed by atoms with van der Waals surface area (Å²) in [7, 11) is 0. The molecule has 98 valence electrons. The lowest BCUT2D eigenvalue weighted by atomic mass is 10.1. The molecule has 1 amide bonds. The van der Waals surface area contributed by atoms with E-state index in [0.717, 1.165) is 23.4 Å². The summed E-state index contributed by atoms with van der Waals surface area (Å²) in [5.74, 6) is -0.0912. The van der Waals surface area contributed by atoms with Gasteiger partial charge >= 0.3 is 0 Å². The number of benzene rings is 2. The highest BCUT2D eigenvalue weighted by Crippen LogP contribution is 2.33. The van der Waals surface area contributed by atoms with Crippen LogP contribution in [-0.4, -0.2) is 12.5 Å². The highest BCUT2D eigenvalue weighted by molar-refractivity contribution is 6.07. The van der Waals surface area contributed by atoms with Gasteiger partial charge in [0.05, 0.1) is 11.6 Å². The fourth-order valence-electron chi connectivity index (χ4n) is 2.55. The molecule has 0 saturated carbocycles. The van der Waals surface area contributed by atoms with E-state index in [1.54, 1.807) is 29.2 Å². The van der Waals surface area contributed by atoms with Crippen molar-refractivity contribution >= 4 is 17.3 Å². The SMILES string of the molecule is N#Cc1cccc(C(=O)N2CCc3c(N)cccc32)c1. The molecule has 1 aliphatic heterocycles. The molecule has 0 aromatic heterocycles. The summed E-state index contributed by atoms with van der Waals surface area (Å²) in [5.41, 5.74) is 9.58. The molecular weight excluding hydrogens is 250 g/mol. The summed E-state index contributed by atoms with van der Waals surface area (Å²) >= 11 is 0. The van der Waals surface area contributed by atoms with E-state index in [1.807, 2.05) is 18.2 Å². The molecule has 0 aliphatic carbocycles. The zero-order chi connectivity index (χ0) is 14.1. The molecule has 2 aromatic carbocycles. The van der Waals surface area contributed by atoms with E-state index >= 15 is 0 Å². The van der Waals surface area contributed by atoms with E-state index in [1.165, 1.54) is 0 Å². The first-order valence-corrected chi connectivity index (χ1v) is 6.40. The van der Waals surface area contributed by atoms with Crippen molar-refractivity contribution in [2.24, 2.45) is 0 Å². The second kappa shape index (κ2) is 4.71. The van der Waals surface area contributed by atoms with E-state index in [2.05, 4.69) is 6.07 Å². The number of hydrogen-bond acceptors (Lipinski definition) is 3. The summed E-state index contributed by atoms with van der Waals surface area (Å²) < 4.78 is 0. The van der Waals surface area contributed by atoms with Gasteiger partial charge in [-0.2, -0.15) is 5.26 Å². The van der Waals surface area contributed by atoms with Crippen LogP contribution in [0.4, 0.5) is 11.4 Å². The molecule has 2 aromatic rings. The molecule has 1 aliphatic rings. The highest BCUT2D eigenvalue weighted by atomic mass is 16.2. The van der Waals surface area contributed by atoms with Crippen LogP contribution in [0.25, 0.3) is 0 Å². The maximum absolute atomic E-state index is 12.6. The van der Waals surface area contributed by atoms with Gasteiger partial charge in [0, 0.05) is 29.0 Å². The second-order valence-corrected chi connectivity index (χ2v) is 4.74. The molecule has 0 bridgehead atoms. The van der Waals surface area contributed by atoms with Crippen LogP contribution < -0.4 is 10.6 Å². The lowest BCUT2D eigenvalue weighted by Crippen LogP contribution is -2.28. The van der Waals surface area contributed by atoms with Crippen molar-refractivity contribution in [3.63, 3.8) is 0 Å². The first-order chi connectivity index (χ1) is 9.70. The van der Waals surface area contributed by atoms with Crippen LogP contribution in [0.3, 0.4) is 0 Å². The van der Waals surface area contributed by atoms with Crippen LogP contribution in [0.5, 0.6) is 0 Å². The number of anilines is 2. The van der Waals surface area contributed by atoms with Crippen LogP contribution in [0, 0.1) is 11.3 Å². The first-order valence-electron chi connectivity index (χ1n) is 6.40. The van der Waals surface area contributed by atoms with Gasteiger partial charge in [0.1, 0.15) is 0 Å². The van der Waals surface area contributed by atoms with Gasteiger partial charge in [-0.25, -0.2) is 0 Å². The summed E-state index contributed by atoms with van der Waals surface area (Å²) in [4.78, 5) is 14.3. The Morgan fingerprint density at radius 1 is 1.25 bits per heavy atom. The van der Waals surface area contributed by atoms with E-state index < -0.39 is 0 Å². The molecule has 0 spiro atoms. The van der Waals surface area contributed by atoms with E-state index in [-0.39, 0.29) is 5.91 Å². The molecule has 0 radical (unpaired) electrons. The lowest BCUT2D eigenvalue weighted by Gasteiger charge is -2.17. The van der Waals surface area contributed by atoms with Gasteiger partial charge in [-0.3, -0.25) is 4.79 Å². The molecule has 0 unspecified atom stereocenters. The Kier molecular flexibility index (Phi) is 2.88. The third-order valence-electron chi connectivity index (χ3n) is 3.55. The molecule has 0 fully saturated rings. The van der Waals surface area contributed by atoms with Crippen molar-refractivity contribution in [1.29, 1.82) is 5.26 Å². The number of nitriles is 1. The predicted molar refractivity (Wildman–Crippen MR) is 77.4 cm³/mol. The van der Waals surface area contributed by atoms with Crippen molar-refractivity contribution in [1.82, 2.24) is 0 Å². The van der Waals surface area contributed by atoms with Gasteiger partial charge < -0.3 is 10.6 Å². The Hall–Kier alpha value is -2.80. The molecule has 0 atom stereocenters. The smallest absolute Gasteiger partial charge is 0.258 e. The Morgan fingerprint density at radius 3 is 2.85 bits per heavy atom. The van der Waals surface area contributed by atoms with Crippen LogP contribution in [0.1, 0.15) is 21.5 Å². The number of nitrogens with zero attached hydrogens (tertiary/aromatic N) is 2. The van der Waals surface area contributed by atoms with Gasteiger partial charge in [-0.15, -0.1) is 0 Å². The highest BCUT2D eigenvalue weighted by Gasteiger charge is 2.26. The van der Waals surface area contributed by atoms with Gasteiger partial charge in [0.2, 0.25) is 0 Å². The molecule has 0 saturated heterocycles. The van der Waals surface area contributed by atoms with Crippen molar-refractivity contribution in [3.05, 3.63) is 59.2 Å². The number of rotatable bonds is 1. The Labute approximate surface area is 117 Å². The van der Waals surface area contributed by atoms with Crippen molar-refractivity contribution < 1.29 is 4.79 Å². The number of amides is 1. The minimum atomic E-state index is -0.0912. The fourth-order valence-corrected chi connectivity index (χ4v) is 2.55. The molecule has 1 heterocycles. The van der Waals surface area contributed by atoms with Crippen molar-refractivity contribution in [2.45, 2.75) is 6.42 Å². The average Bonchev–Trinajstić information content (AvgIpc) is 2.92. The number of nitrogen functional groups attached to an aromatic ring is 1. The van der Waals surface area contributed by atoms with Gasteiger partial charge in [0.25, 0.3) is 5.91 Å². The minimum Gasteiger partial charge on any atom is -0.398 e. The largest absolute Gasteiger partial charge is 0.398 e. The molecule has 20 heavy (non-hydrogen) atoms. The number of nitrogens with two attached hydrogens (primary N) is 1. The van der Waals surface area contributed by atoms with Gasteiger partial charge in [0.15, 0.2) is 0 Å². The minimum absolute atomic E-state index is 0.0912. The number of fused-ring (bicyclic) bond motifs is 1. The van der Waals surface area contributed by atoms with Crippen LogP contribution in [0.15, 0.2) is 42.5 Å². The van der Waals surface area contributed by atoms with Crippen LogP contribution in [-0.2, 0) is 6.42 Å². The zero-order valence-corrected chi connectivity index (χ0v) is 10.8. The van der Waals surface area contributed by atoms with E-state index in [0.29, 0.717) is 17.7 Å². The summed E-state index contributed by atoms with van der Waals surface area (Å²) in [5, 5.41) is 8.91. The average molecular weight is 263 g/mol. The van der Waals surface area contributed by atoms with Gasteiger partial charge in [-0.1, -0.05) is 12.1 Å². The van der Waals surface area contributed by atoms with Gasteiger partial charge in [-0.05, 0) is 36.8 Å². The van der Waals surface area contributed by atoms with Crippen molar-refractivity contribution in [2.75, 3.05) is 17.2 Å². The Balaban J connectivity index is 1.98. The maximum Gasteiger partial charge on any atom is 0.258 e. The fraction of sp³-hybridized carbons (Fsp3) is 0.125. The summed E-state index contributed by atoms with van der Waals surface area (Å²) in [6.07, 6.45) is 0.770. The molecule has 4 heteroatoms. The molecule has 2 N–H and O–H groups in total. The number of carbonyl (C=O) groups excluding carboxylic acids is 1. The zero-order valence-electron chi connectivity index (χ0n) is 10.8. The predicted octanol–water partition coefficient (Wildman–Crippen LogP) is 2.34. The monoisotopic (exact) mass is 263 g/mol. The van der Waals surface area contributed by atoms with Crippen LogP contribution in [0.2, 0.25) is 0 Å². The van der Waals surface area contributed by atoms with E-state index in [4.69, 9.17) is 11.0 Å². The first kappa shape index (κ1) is 12.2. The lowest BCUT2D eigenvalue weighted by molar-refractivity contribution is 0.0989. The maximum atomic E-state index is 12.6. The second-order valence-electron chi connectivity index (χ2n) is 4.74. The topological polar surface area (TPSA) is 70.1 Å². The normalized spacial score (nSPS) is 12.8. The molecule has 4 nitrogen and oxygen atoms in total. The Morgan fingerprint density at radius 2 is 2.05 bits per heavy atom. The summed E-state index contributed by atoms with van der Waals surface area (Å²) in [6, 6.07) is 14.4. The van der Waals surface area contributed by atoms with E-state index in [9.17, 15) is 4.79 Å². The molecular formula is C16H13N3O. The third kappa shape index (κ3) is 1.90. The number of hydrogen-bond donors (Lipinski definition) is 1. The molecule has 3 rings (SSSR count). The standard InChI is InChI=1S/C16H13N3O/c17-10-11-3-1-4-12(9-11)16(20)19-8-7-13-14(18)5-2-6-15(13)19/h1-6,9H,7-8,18H2. The third-order valence-corrected chi connectivity index (χ3v) is 3.55. The quantitative estimate of drug-likeness (QED) is 0.803. The number of carbonyl (C=O) groups is 1.